The molecule has 158 valence electrons. The number of aryl methyl sites for hydroxylation is 2. The Balaban J connectivity index is 1.50. The average molecular weight is 437 g/mol. The van der Waals surface area contributed by atoms with Crippen LogP contribution in [0.25, 0.3) is 32.1 Å². The number of hydrogen-bond acceptors (Lipinski definition) is 3. The highest BCUT2D eigenvalue weighted by Gasteiger charge is 2.21. The Kier molecular flexibility index (Phi) is 5.70. The van der Waals surface area contributed by atoms with Crippen molar-refractivity contribution in [1.82, 2.24) is 10.3 Å². The number of benzene rings is 3. The SMILES string of the molecule is Cc1ccc2ncc3c(-c4ccccc4)c(C(=O)NCCCc4ccccc4)sc3c2c1. The zero-order valence-electron chi connectivity index (χ0n) is 18.0. The van der Waals surface area contributed by atoms with Gasteiger partial charge in [-0.15, -0.1) is 11.3 Å². The molecule has 1 N–H and O–H groups in total. The first-order valence-electron chi connectivity index (χ1n) is 10.9. The summed E-state index contributed by atoms with van der Waals surface area (Å²) >= 11 is 1.57. The minimum absolute atomic E-state index is 0.0149. The van der Waals surface area contributed by atoms with Crippen LogP contribution in [0.15, 0.2) is 85.1 Å². The third kappa shape index (κ3) is 4.02. The van der Waals surface area contributed by atoms with Crippen molar-refractivity contribution in [2.75, 3.05) is 6.54 Å². The third-order valence-electron chi connectivity index (χ3n) is 5.71. The molecular formula is C28H24N2OS. The van der Waals surface area contributed by atoms with Crippen LogP contribution in [0, 0.1) is 6.92 Å². The van der Waals surface area contributed by atoms with Crippen molar-refractivity contribution in [2.24, 2.45) is 0 Å². The maximum Gasteiger partial charge on any atom is 0.262 e. The fraction of sp³-hybridized carbons (Fsp3) is 0.143. The highest BCUT2D eigenvalue weighted by molar-refractivity contribution is 7.22. The number of fused-ring (bicyclic) bond motifs is 3. The van der Waals surface area contributed by atoms with E-state index in [1.165, 1.54) is 11.1 Å². The monoisotopic (exact) mass is 436 g/mol. The lowest BCUT2D eigenvalue weighted by atomic mass is 10.0. The summed E-state index contributed by atoms with van der Waals surface area (Å²) in [5.41, 5.74) is 5.46. The lowest BCUT2D eigenvalue weighted by Gasteiger charge is -2.07. The van der Waals surface area contributed by atoms with Gasteiger partial charge in [-0.3, -0.25) is 9.78 Å². The summed E-state index contributed by atoms with van der Waals surface area (Å²) in [4.78, 5) is 18.7. The smallest absolute Gasteiger partial charge is 0.262 e. The second-order valence-electron chi connectivity index (χ2n) is 8.04. The fourth-order valence-electron chi connectivity index (χ4n) is 4.12. The Bertz CT molecular complexity index is 1390. The summed E-state index contributed by atoms with van der Waals surface area (Å²) in [5, 5.41) is 5.29. The number of aromatic nitrogens is 1. The number of rotatable bonds is 6. The van der Waals surface area contributed by atoms with Crippen LogP contribution in [-0.2, 0) is 6.42 Å². The minimum atomic E-state index is -0.0149. The molecule has 3 aromatic carbocycles. The normalized spacial score (nSPS) is 11.2. The molecule has 0 saturated heterocycles. The van der Waals surface area contributed by atoms with E-state index < -0.39 is 0 Å². The van der Waals surface area contributed by atoms with Crippen LogP contribution in [0.2, 0.25) is 0 Å². The van der Waals surface area contributed by atoms with Gasteiger partial charge in [-0.05, 0) is 43.0 Å². The van der Waals surface area contributed by atoms with Crippen LogP contribution in [0.1, 0.15) is 27.2 Å². The molecule has 0 radical (unpaired) electrons. The Hall–Kier alpha value is -3.50. The van der Waals surface area contributed by atoms with E-state index in [0.717, 1.165) is 49.8 Å². The van der Waals surface area contributed by atoms with E-state index in [1.54, 1.807) is 11.3 Å². The summed E-state index contributed by atoms with van der Waals surface area (Å²) in [5.74, 6) is -0.0149. The zero-order chi connectivity index (χ0) is 21.9. The lowest BCUT2D eigenvalue weighted by molar-refractivity contribution is 0.0958. The van der Waals surface area contributed by atoms with Crippen molar-refractivity contribution in [1.29, 1.82) is 0 Å². The molecule has 5 rings (SSSR count). The van der Waals surface area contributed by atoms with Crippen LogP contribution in [0.4, 0.5) is 0 Å². The molecular weight excluding hydrogens is 412 g/mol. The molecule has 5 aromatic rings. The quantitative estimate of drug-likeness (QED) is 0.298. The Morgan fingerprint density at radius 3 is 2.47 bits per heavy atom. The maximum absolute atomic E-state index is 13.3. The van der Waals surface area contributed by atoms with E-state index in [4.69, 9.17) is 4.98 Å². The van der Waals surface area contributed by atoms with E-state index in [2.05, 4.69) is 66.8 Å². The van der Waals surface area contributed by atoms with Crippen molar-refractivity contribution in [3.8, 4) is 11.1 Å². The molecule has 0 aliphatic rings. The molecule has 1 amide bonds. The highest BCUT2D eigenvalue weighted by atomic mass is 32.1. The second-order valence-corrected chi connectivity index (χ2v) is 9.06. The largest absolute Gasteiger partial charge is 0.351 e. The number of nitrogens with one attached hydrogen (secondary N) is 1. The van der Waals surface area contributed by atoms with Gasteiger partial charge < -0.3 is 5.32 Å². The summed E-state index contributed by atoms with van der Waals surface area (Å²) in [7, 11) is 0. The molecule has 0 aliphatic carbocycles. The molecule has 0 fully saturated rings. The van der Waals surface area contributed by atoms with Crippen molar-refractivity contribution >= 4 is 38.2 Å². The van der Waals surface area contributed by atoms with Crippen LogP contribution in [-0.4, -0.2) is 17.4 Å². The summed E-state index contributed by atoms with van der Waals surface area (Å²) in [6.45, 7) is 2.73. The maximum atomic E-state index is 13.3. The Morgan fingerprint density at radius 1 is 0.938 bits per heavy atom. The van der Waals surface area contributed by atoms with Gasteiger partial charge in [-0.25, -0.2) is 0 Å². The van der Waals surface area contributed by atoms with E-state index >= 15 is 0 Å². The number of carbonyl (C=O) groups is 1. The highest BCUT2D eigenvalue weighted by Crippen LogP contribution is 2.41. The summed E-state index contributed by atoms with van der Waals surface area (Å²) in [6.07, 6.45) is 3.77. The minimum Gasteiger partial charge on any atom is -0.351 e. The fourth-order valence-corrected chi connectivity index (χ4v) is 5.35. The van der Waals surface area contributed by atoms with Crippen LogP contribution in [0.5, 0.6) is 0 Å². The van der Waals surface area contributed by atoms with Gasteiger partial charge in [0.1, 0.15) is 4.88 Å². The molecule has 0 spiro atoms. The number of thiophene rings is 1. The molecule has 0 saturated carbocycles. The number of hydrogen-bond donors (Lipinski definition) is 1. The molecule has 2 aromatic heterocycles. The van der Waals surface area contributed by atoms with Gasteiger partial charge in [0.05, 0.1) is 5.52 Å². The van der Waals surface area contributed by atoms with Gasteiger partial charge in [0.25, 0.3) is 5.91 Å². The number of pyridine rings is 1. The van der Waals surface area contributed by atoms with Gasteiger partial charge in [0.2, 0.25) is 0 Å². The van der Waals surface area contributed by atoms with Crippen LogP contribution >= 0.6 is 11.3 Å². The van der Waals surface area contributed by atoms with Gasteiger partial charge in [0.15, 0.2) is 0 Å². The van der Waals surface area contributed by atoms with E-state index in [0.29, 0.717) is 6.54 Å². The molecule has 0 bridgehead atoms. The van der Waals surface area contributed by atoms with Crippen molar-refractivity contribution in [3.05, 3.63) is 101 Å². The molecule has 0 aliphatic heterocycles. The topological polar surface area (TPSA) is 42.0 Å². The van der Waals surface area contributed by atoms with Gasteiger partial charge in [-0.2, -0.15) is 0 Å². The number of amides is 1. The average Bonchev–Trinajstić information content (AvgIpc) is 3.23. The third-order valence-corrected chi connectivity index (χ3v) is 6.95. The van der Waals surface area contributed by atoms with Gasteiger partial charge in [0, 0.05) is 33.8 Å². The first-order chi connectivity index (χ1) is 15.7. The van der Waals surface area contributed by atoms with Gasteiger partial charge >= 0.3 is 0 Å². The van der Waals surface area contributed by atoms with E-state index in [1.807, 2.05) is 30.5 Å². The molecule has 4 heteroatoms. The molecule has 32 heavy (non-hydrogen) atoms. The Labute approximate surface area is 191 Å². The predicted molar refractivity (Wildman–Crippen MR) is 134 cm³/mol. The zero-order valence-corrected chi connectivity index (χ0v) is 18.8. The second kappa shape index (κ2) is 8.93. The summed E-state index contributed by atoms with van der Waals surface area (Å²) < 4.78 is 1.12. The van der Waals surface area contributed by atoms with Gasteiger partial charge in [-0.1, -0.05) is 72.3 Å². The standard InChI is InChI=1S/C28H24N2OS/c1-19-14-15-24-22(17-19)26-23(18-30-24)25(21-12-6-3-7-13-21)27(32-26)28(31)29-16-8-11-20-9-4-2-5-10-20/h2-7,9-10,12-15,17-18H,8,11,16H2,1H3,(H,29,31). The lowest BCUT2D eigenvalue weighted by Crippen LogP contribution is -2.24. The van der Waals surface area contributed by atoms with Crippen molar-refractivity contribution in [2.45, 2.75) is 19.8 Å². The van der Waals surface area contributed by atoms with Crippen LogP contribution in [0.3, 0.4) is 0 Å². The first kappa shape index (κ1) is 20.4. The van der Waals surface area contributed by atoms with E-state index in [-0.39, 0.29) is 5.91 Å². The van der Waals surface area contributed by atoms with Crippen molar-refractivity contribution in [3.63, 3.8) is 0 Å². The Morgan fingerprint density at radius 2 is 1.69 bits per heavy atom. The van der Waals surface area contributed by atoms with Crippen molar-refractivity contribution < 1.29 is 4.79 Å². The van der Waals surface area contributed by atoms with E-state index in [9.17, 15) is 4.79 Å². The first-order valence-corrected chi connectivity index (χ1v) is 11.7. The molecule has 0 unspecified atom stereocenters. The molecule has 0 atom stereocenters. The number of carbonyl (C=O) groups excluding carboxylic acids is 1. The molecule has 2 heterocycles. The molecule has 3 nitrogen and oxygen atoms in total. The number of nitrogens with zero attached hydrogens (tertiary/aromatic N) is 1. The summed E-state index contributed by atoms with van der Waals surface area (Å²) in [6, 6.07) is 26.8. The predicted octanol–water partition coefficient (Wildman–Crippen LogP) is 6.79. The van der Waals surface area contributed by atoms with Crippen LogP contribution < -0.4 is 5.32 Å².